The molecular formula is C24H28O2. The number of rotatable bonds is 2. The monoisotopic (exact) mass is 348 g/mol. The van der Waals surface area contributed by atoms with Crippen molar-refractivity contribution in [1.29, 1.82) is 0 Å². The summed E-state index contributed by atoms with van der Waals surface area (Å²) in [7, 11) is 0. The van der Waals surface area contributed by atoms with E-state index in [1.54, 1.807) is 0 Å². The lowest BCUT2D eigenvalue weighted by atomic mass is 9.42. The van der Waals surface area contributed by atoms with Gasteiger partial charge in [-0.1, -0.05) is 24.3 Å². The van der Waals surface area contributed by atoms with E-state index < -0.39 is 0 Å². The molecule has 2 aromatic carbocycles. The van der Waals surface area contributed by atoms with Gasteiger partial charge in [0.2, 0.25) is 0 Å². The third-order valence-corrected chi connectivity index (χ3v) is 7.66. The summed E-state index contributed by atoms with van der Waals surface area (Å²) < 4.78 is 0. The van der Waals surface area contributed by atoms with Crippen LogP contribution in [0.15, 0.2) is 36.4 Å². The second kappa shape index (κ2) is 5.52. The fourth-order valence-corrected chi connectivity index (χ4v) is 6.88. The second-order valence-corrected chi connectivity index (χ2v) is 9.29. The standard InChI is InChI=1S/C24H28O2/c1-14-7-18(3-5-21(14)25)23-19-10-16-9-17(11-19)13-24(23,12-16)20-4-6-22(26)15(2)8-20/h3-8,16-17,19,23,25-26H,9-13H2,1-2H3. The van der Waals surface area contributed by atoms with Crippen molar-refractivity contribution >= 4 is 0 Å². The van der Waals surface area contributed by atoms with Crippen LogP contribution in [0.4, 0.5) is 0 Å². The van der Waals surface area contributed by atoms with Crippen LogP contribution in [0.2, 0.25) is 0 Å². The van der Waals surface area contributed by atoms with Gasteiger partial charge in [0, 0.05) is 5.41 Å². The van der Waals surface area contributed by atoms with E-state index in [9.17, 15) is 10.2 Å². The first-order chi connectivity index (χ1) is 12.5. The van der Waals surface area contributed by atoms with Crippen LogP contribution in [0.25, 0.3) is 0 Å². The first-order valence-corrected chi connectivity index (χ1v) is 10.1. The van der Waals surface area contributed by atoms with Gasteiger partial charge in [0.25, 0.3) is 0 Å². The Labute approximate surface area is 155 Å². The number of hydrogen-bond donors (Lipinski definition) is 2. The molecular weight excluding hydrogens is 320 g/mol. The van der Waals surface area contributed by atoms with Crippen LogP contribution < -0.4 is 0 Å². The molecule has 2 aromatic rings. The second-order valence-electron chi connectivity index (χ2n) is 9.29. The quantitative estimate of drug-likeness (QED) is 0.744. The van der Waals surface area contributed by atoms with Gasteiger partial charge in [-0.3, -0.25) is 0 Å². The maximum atomic E-state index is 10.0. The van der Waals surface area contributed by atoms with Gasteiger partial charge in [-0.15, -0.1) is 0 Å². The van der Waals surface area contributed by atoms with E-state index in [1.165, 1.54) is 43.2 Å². The lowest BCUT2D eigenvalue weighted by Crippen LogP contribution is -2.53. The number of phenols is 2. The van der Waals surface area contributed by atoms with Gasteiger partial charge < -0.3 is 10.2 Å². The fourth-order valence-electron chi connectivity index (χ4n) is 6.88. The highest BCUT2D eigenvalue weighted by Crippen LogP contribution is 2.66. The number of benzene rings is 2. The van der Waals surface area contributed by atoms with E-state index in [1.807, 2.05) is 26.0 Å². The molecule has 26 heavy (non-hydrogen) atoms. The third-order valence-electron chi connectivity index (χ3n) is 7.66. The summed E-state index contributed by atoms with van der Waals surface area (Å²) in [5.74, 6) is 3.78. The predicted octanol–water partition coefficient (Wildman–Crippen LogP) is 5.58. The highest BCUT2D eigenvalue weighted by Gasteiger charge is 2.57. The number of aryl methyl sites for hydroxylation is 2. The maximum Gasteiger partial charge on any atom is 0.118 e. The first-order valence-electron chi connectivity index (χ1n) is 10.1. The van der Waals surface area contributed by atoms with E-state index in [-0.39, 0.29) is 5.41 Å². The van der Waals surface area contributed by atoms with Crippen molar-refractivity contribution < 1.29 is 10.2 Å². The van der Waals surface area contributed by atoms with E-state index in [4.69, 9.17) is 0 Å². The Bertz CT molecular complexity index is 855. The van der Waals surface area contributed by atoms with Gasteiger partial charge in [0.05, 0.1) is 0 Å². The minimum atomic E-state index is 0.191. The molecule has 2 nitrogen and oxygen atoms in total. The zero-order valence-electron chi connectivity index (χ0n) is 15.7. The number of hydrogen-bond acceptors (Lipinski definition) is 2. The predicted molar refractivity (Wildman–Crippen MR) is 104 cm³/mol. The van der Waals surface area contributed by atoms with Crippen LogP contribution in [0, 0.1) is 31.6 Å². The van der Waals surface area contributed by atoms with Crippen molar-refractivity contribution in [2.45, 2.75) is 57.3 Å². The molecule has 136 valence electrons. The van der Waals surface area contributed by atoms with E-state index >= 15 is 0 Å². The van der Waals surface area contributed by atoms with E-state index in [2.05, 4.69) is 24.3 Å². The molecule has 3 atom stereocenters. The number of phenolic OH excluding ortho intramolecular Hbond substituents is 2. The Kier molecular flexibility index (Phi) is 3.44. The average molecular weight is 348 g/mol. The van der Waals surface area contributed by atoms with Gasteiger partial charge in [0.1, 0.15) is 11.5 Å². The summed E-state index contributed by atoms with van der Waals surface area (Å²) >= 11 is 0. The van der Waals surface area contributed by atoms with Crippen molar-refractivity contribution in [2.24, 2.45) is 17.8 Å². The molecule has 6 rings (SSSR count). The number of aromatic hydroxyl groups is 2. The Hall–Kier alpha value is -1.96. The van der Waals surface area contributed by atoms with Gasteiger partial charge >= 0.3 is 0 Å². The van der Waals surface area contributed by atoms with Gasteiger partial charge in [-0.25, -0.2) is 0 Å². The molecule has 0 spiro atoms. The molecule has 4 aliphatic carbocycles. The van der Waals surface area contributed by atoms with E-state index in [0.717, 1.165) is 28.9 Å². The van der Waals surface area contributed by atoms with Crippen molar-refractivity contribution in [3.05, 3.63) is 58.7 Å². The molecule has 4 bridgehead atoms. The topological polar surface area (TPSA) is 40.5 Å². The molecule has 2 N–H and O–H groups in total. The molecule has 0 aromatic heterocycles. The van der Waals surface area contributed by atoms with Gasteiger partial charge in [0.15, 0.2) is 0 Å². The smallest absolute Gasteiger partial charge is 0.118 e. The molecule has 0 radical (unpaired) electrons. The van der Waals surface area contributed by atoms with Crippen LogP contribution >= 0.6 is 0 Å². The van der Waals surface area contributed by atoms with E-state index in [0.29, 0.717) is 17.4 Å². The fraction of sp³-hybridized carbons (Fsp3) is 0.500. The molecule has 0 amide bonds. The van der Waals surface area contributed by atoms with Crippen LogP contribution in [-0.4, -0.2) is 10.2 Å². The molecule has 2 heteroatoms. The molecule has 0 aliphatic heterocycles. The van der Waals surface area contributed by atoms with Crippen LogP contribution in [0.3, 0.4) is 0 Å². The van der Waals surface area contributed by atoms with Crippen LogP contribution in [0.5, 0.6) is 11.5 Å². The first kappa shape index (κ1) is 16.2. The summed E-state index contributed by atoms with van der Waals surface area (Å²) in [5, 5.41) is 20.1. The minimum Gasteiger partial charge on any atom is -0.508 e. The largest absolute Gasteiger partial charge is 0.508 e. The van der Waals surface area contributed by atoms with Crippen molar-refractivity contribution in [1.82, 2.24) is 0 Å². The van der Waals surface area contributed by atoms with Gasteiger partial charge in [-0.2, -0.15) is 0 Å². The summed E-state index contributed by atoms with van der Waals surface area (Å²) in [5.41, 5.74) is 4.97. The van der Waals surface area contributed by atoms with Crippen LogP contribution in [-0.2, 0) is 5.41 Å². The Morgan fingerprint density at radius 3 is 2.04 bits per heavy atom. The minimum absolute atomic E-state index is 0.191. The third kappa shape index (κ3) is 2.24. The summed E-state index contributed by atoms with van der Waals surface area (Å²) in [6.45, 7) is 4.02. The summed E-state index contributed by atoms with van der Waals surface area (Å²) in [6.07, 6.45) is 6.68. The highest BCUT2D eigenvalue weighted by molar-refractivity contribution is 5.45. The normalized spacial score (nSPS) is 35.0. The lowest BCUT2D eigenvalue weighted by molar-refractivity contribution is -0.0281. The maximum absolute atomic E-state index is 10.0. The Morgan fingerprint density at radius 2 is 1.42 bits per heavy atom. The van der Waals surface area contributed by atoms with Gasteiger partial charge in [-0.05, 0) is 104 Å². The van der Waals surface area contributed by atoms with Crippen molar-refractivity contribution in [2.75, 3.05) is 0 Å². The van der Waals surface area contributed by atoms with Crippen LogP contribution in [0.1, 0.15) is 60.3 Å². The van der Waals surface area contributed by atoms with Crippen molar-refractivity contribution in [3.63, 3.8) is 0 Å². The zero-order valence-corrected chi connectivity index (χ0v) is 15.7. The molecule has 4 saturated carbocycles. The molecule has 4 aliphatic rings. The zero-order chi connectivity index (χ0) is 18.1. The molecule has 0 saturated heterocycles. The molecule has 3 unspecified atom stereocenters. The molecule has 4 fully saturated rings. The lowest BCUT2D eigenvalue weighted by Gasteiger charge is -2.62. The summed E-state index contributed by atoms with van der Waals surface area (Å²) in [4.78, 5) is 0. The SMILES string of the molecule is Cc1cc(C2C3CC4CC(C3)CC2(c2ccc(O)c(C)c2)C4)ccc1O. The van der Waals surface area contributed by atoms with Crippen molar-refractivity contribution in [3.8, 4) is 11.5 Å². The highest BCUT2D eigenvalue weighted by atomic mass is 16.3. The Morgan fingerprint density at radius 1 is 0.808 bits per heavy atom. The Balaban J connectivity index is 1.68. The average Bonchev–Trinajstić information content (AvgIpc) is 2.59. The molecule has 0 heterocycles. The summed E-state index contributed by atoms with van der Waals surface area (Å²) in [6, 6.07) is 12.6.